The van der Waals surface area contributed by atoms with Gasteiger partial charge in [0.1, 0.15) is 5.82 Å². The van der Waals surface area contributed by atoms with Crippen LogP contribution in [0.1, 0.15) is 0 Å². The molecule has 0 bridgehead atoms. The van der Waals surface area contributed by atoms with Gasteiger partial charge >= 0.3 is 0 Å². The number of hydrogen-bond acceptors (Lipinski definition) is 2. The van der Waals surface area contributed by atoms with Gasteiger partial charge in [0.15, 0.2) is 0 Å². The molecule has 0 spiro atoms. The maximum atomic E-state index is 12.7. The van der Waals surface area contributed by atoms with Gasteiger partial charge < -0.3 is 11.1 Å². The van der Waals surface area contributed by atoms with E-state index in [4.69, 9.17) is 5.73 Å². The highest BCUT2D eigenvalue weighted by atomic mass is 19.1. The summed E-state index contributed by atoms with van der Waals surface area (Å²) in [4.78, 5) is 0. The molecule has 0 saturated heterocycles. The first-order valence-electron chi connectivity index (χ1n) is 3.17. The lowest BCUT2D eigenvalue weighted by Gasteiger charge is -2.04. The first kappa shape index (κ1) is 7.60. The minimum absolute atomic E-state index is 0.118. The third-order valence-electron chi connectivity index (χ3n) is 1.31. The molecule has 3 N–H and O–H groups in total. The van der Waals surface area contributed by atoms with E-state index < -0.39 is 5.82 Å². The molecule has 0 amide bonds. The Hall–Kier alpha value is -1.51. The van der Waals surface area contributed by atoms with Gasteiger partial charge in [-0.2, -0.15) is 0 Å². The summed E-state index contributed by atoms with van der Waals surface area (Å²) in [5.74, 6) is -0.420. The van der Waals surface area contributed by atoms with E-state index in [1.165, 1.54) is 12.3 Å². The molecule has 0 atom stereocenters. The fourth-order valence-corrected chi connectivity index (χ4v) is 0.773. The van der Waals surface area contributed by atoms with Crippen molar-refractivity contribution in [1.29, 1.82) is 0 Å². The fraction of sp³-hybridized carbons (Fsp3) is 0. The summed E-state index contributed by atoms with van der Waals surface area (Å²) in [6.07, 6.45) is 1.45. The summed E-state index contributed by atoms with van der Waals surface area (Å²) in [6, 6.07) is 4.57. The summed E-state index contributed by atoms with van der Waals surface area (Å²) < 4.78 is 12.7. The largest absolute Gasteiger partial charge is 0.395 e. The zero-order chi connectivity index (χ0) is 8.27. The summed E-state index contributed by atoms with van der Waals surface area (Å²) in [5.41, 5.74) is 6.04. The lowest BCUT2D eigenvalue weighted by molar-refractivity contribution is 0.633. The maximum Gasteiger partial charge on any atom is 0.148 e. The molecule has 58 valence electrons. The minimum atomic E-state index is -0.420. The van der Waals surface area contributed by atoms with E-state index >= 15 is 0 Å². The standard InChI is InChI=1S/C8H9FN2/c1-2-11-7-5-3-4-6(9)8(7)10/h2-5,11H,1,10H2. The molecule has 0 aromatic heterocycles. The van der Waals surface area contributed by atoms with Gasteiger partial charge in [-0.25, -0.2) is 4.39 Å². The highest BCUT2D eigenvalue weighted by Gasteiger charge is 2.00. The van der Waals surface area contributed by atoms with Crippen LogP contribution in [0.3, 0.4) is 0 Å². The van der Waals surface area contributed by atoms with E-state index in [-0.39, 0.29) is 5.69 Å². The van der Waals surface area contributed by atoms with Gasteiger partial charge in [0.25, 0.3) is 0 Å². The highest BCUT2D eigenvalue weighted by Crippen LogP contribution is 2.20. The predicted octanol–water partition coefficient (Wildman–Crippen LogP) is 1.96. The summed E-state index contributed by atoms with van der Waals surface area (Å²) in [7, 11) is 0. The van der Waals surface area contributed by atoms with Crippen molar-refractivity contribution in [3.63, 3.8) is 0 Å². The summed E-state index contributed by atoms with van der Waals surface area (Å²) in [6.45, 7) is 3.44. The Labute approximate surface area is 64.5 Å². The predicted molar refractivity (Wildman–Crippen MR) is 44.6 cm³/mol. The smallest absolute Gasteiger partial charge is 0.148 e. The third-order valence-corrected chi connectivity index (χ3v) is 1.31. The number of nitrogen functional groups attached to an aromatic ring is 1. The van der Waals surface area contributed by atoms with Crippen molar-refractivity contribution in [2.24, 2.45) is 0 Å². The number of anilines is 2. The molecular formula is C8H9FN2. The molecule has 0 heterocycles. The van der Waals surface area contributed by atoms with Crippen molar-refractivity contribution in [2.45, 2.75) is 0 Å². The van der Waals surface area contributed by atoms with E-state index in [1.807, 2.05) is 0 Å². The van der Waals surface area contributed by atoms with Crippen molar-refractivity contribution in [2.75, 3.05) is 11.1 Å². The SMILES string of the molecule is C=CNc1cccc(F)c1N. The maximum absolute atomic E-state index is 12.7. The van der Waals surface area contributed by atoms with Crippen LogP contribution in [-0.2, 0) is 0 Å². The summed E-state index contributed by atoms with van der Waals surface area (Å²) >= 11 is 0. The number of nitrogens with two attached hydrogens (primary N) is 1. The number of benzene rings is 1. The van der Waals surface area contributed by atoms with Crippen LogP contribution in [0.4, 0.5) is 15.8 Å². The Morgan fingerprint density at radius 3 is 2.91 bits per heavy atom. The zero-order valence-electron chi connectivity index (χ0n) is 5.97. The lowest BCUT2D eigenvalue weighted by Crippen LogP contribution is -1.96. The topological polar surface area (TPSA) is 38.0 Å². The van der Waals surface area contributed by atoms with Gasteiger partial charge in [-0.05, 0) is 18.3 Å². The molecule has 0 aliphatic rings. The van der Waals surface area contributed by atoms with Crippen molar-refractivity contribution in [1.82, 2.24) is 0 Å². The van der Waals surface area contributed by atoms with Gasteiger partial charge in [0, 0.05) is 0 Å². The van der Waals surface area contributed by atoms with Gasteiger partial charge in [0.2, 0.25) is 0 Å². The van der Waals surface area contributed by atoms with E-state index in [1.54, 1.807) is 12.1 Å². The van der Waals surface area contributed by atoms with Crippen LogP contribution in [0.2, 0.25) is 0 Å². The number of halogens is 1. The molecule has 3 heteroatoms. The molecule has 1 aromatic rings. The Balaban J connectivity index is 3.05. The fourth-order valence-electron chi connectivity index (χ4n) is 0.773. The second-order valence-electron chi connectivity index (χ2n) is 2.05. The van der Waals surface area contributed by atoms with Crippen LogP contribution < -0.4 is 11.1 Å². The van der Waals surface area contributed by atoms with Crippen LogP contribution in [0.25, 0.3) is 0 Å². The molecule has 0 fully saturated rings. The van der Waals surface area contributed by atoms with Crippen molar-refractivity contribution in [3.8, 4) is 0 Å². The van der Waals surface area contributed by atoms with Crippen LogP contribution >= 0.6 is 0 Å². The Morgan fingerprint density at radius 1 is 1.55 bits per heavy atom. The highest BCUT2D eigenvalue weighted by molar-refractivity contribution is 5.67. The third kappa shape index (κ3) is 1.49. The van der Waals surface area contributed by atoms with E-state index in [9.17, 15) is 4.39 Å². The molecule has 0 radical (unpaired) electrons. The van der Waals surface area contributed by atoms with Crippen LogP contribution in [0.5, 0.6) is 0 Å². The van der Waals surface area contributed by atoms with Gasteiger partial charge in [-0.15, -0.1) is 0 Å². The van der Waals surface area contributed by atoms with E-state index in [0.717, 1.165) is 0 Å². The Kier molecular flexibility index (Phi) is 2.11. The van der Waals surface area contributed by atoms with Gasteiger partial charge in [-0.3, -0.25) is 0 Å². The van der Waals surface area contributed by atoms with Crippen LogP contribution in [-0.4, -0.2) is 0 Å². The molecule has 0 saturated carbocycles. The minimum Gasteiger partial charge on any atom is -0.395 e. The zero-order valence-corrected chi connectivity index (χ0v) is 5.97. The molecule has 0 aliphatic carbocycles. The lowest BCUT2D eigenvalue weighted by atomic mass is 10.2. The average molecular weight is 152 g/mol. The molecular weight excluding hydrogens is 143 g/mol. The Bertz CT molecular complexity index is 271. The second kappa shape index (κ2) is 3.05. The molecule has 11 heavy (non-hydrogen) atoms. The first-order valence-corrected chi connectivity index (χ1v) is 3.17. The number of rotatable bonds is 2. The monoisotopic (exact) mass is 152 g/mol. The molecule has 2 nitrogen and oxygen atoms in total. The Morgan fingerprint density at radius 2 is 2.27 bits per heavy atom. The van der Waals surface area contributed by atoms with Crippen molar-refractivity contribution < 1.29 is 4.39 Å². The average Bonchev–Trinajstić information content (AvgIpc) is 1.99. The quantitative estimate of drug-likeness (QED) is 0.636. The normalized spacial score (nSPS) is 9.18. The van der Waals surface area contributed by atoms with Crippen molar-refractivity contribution >= 4 is 11.4 Å². The number of hydrogen-bond donors (Lipinski definition) is 2. The first-order chi connectivity index (χ1) is 5.25. The van der Waals surface area contributed by atoms with Crippen LogP contribution in [0, 0.1) is 5.82 Å². The molecule has 1 aromatic carbocycles. The summed E-state index contributed by atoms with van der Waals surface area (Å²) in [5, 5.41) is 2.72. The van der Waals surface area contributed by atoms with E-state index in [2.05, 4.69) is 11.9 Å². The van der Waals surface area contributed by atoms with Gasteiger partial charge in [0.05, 0.1) is 11.4 Å². The van der Waals surface area contributed by atoms with Crippen molar-refractivity contribution in [3.05, 3.63) is 36.8 Å². The van der Waals surface area contributed by atoms with Crippen LogP contribution in [0.15, 0.2) is 31.0 Å². The number of nitrogens with one attached hydrogen (secondary N) is 1. The second-order valence-corrected chi connectivity index (χ2v) is 2.05. The number of para-hydroxylation sites is 1. The van der Waals surface area contributed by atoms with E-state index in [0.29, 0.717) is 5.69 Å². The molecule has 0 unspecified atom stereocenters. The molecule has 1 rings (SSSR count). The molecule has 0 aliphatic heterocycles. The van der Waals surface area contributed by atoms with Gasteiger partial charge in [-0.1, -0.05) is 12.6 Å².